The number of hydrogen-bond acceptors (Lipinski definition) is 6. The Kier molecular flexibility index (Phi) is 4.30. The second-order valence-corrected chi connectivity index (χ2v) is 3.15. The van der Waals surface area contributed by atoms with Crippen LogP contribution in [0.25, 0.3) is 0 Å². The van der Waals surface area contributed by atoms with Crippen LogP contribution in [0.5, 0.6) is 5.75 Å². The summed E-state index contributed by atoms with van der Waals surface area (Å²) in [5.41, 5.74) is 0.336. The van der Waals surface area contributed by atoms with Gasteiger partial charge in [-0.3, -0.25) is 0 Å². The van der Waals surface area contributed by atoms with Crippen molar-refractivity contribution in [2.24, 2.45) is 0 Å². The van der Waals surface area contributed by atoms with Crippen LogP contribution in [0.3, 0.4) is 0 Å². The van der Waals surface area contributed by atoms with Gasteiger partial charge in [-0.2, -0.15) is 10.5 Å². The number of esters is 1. The predicted octanol–water partition coefficient (Wildman–Crippen LogP) is 1.52. The van der Waals surface area contributed by atoms with Crippen molar-refractivity contribution in [3.8, 4) is 17.9 Å². The summed E-state index contributed by atoms with van der Waals surface area (Å²) in [5.74, 6) is -0.758. The average molecular weight is 243 g/mol. The van der Waals surface area contributed by atoms with E-state index in [2.05, 4.69) is 10.1 Å². The first-order valence-electron chi connectivity index (χ1n) is 4.80. The normalized spacial score (nSPS) is 8.61. The highest BCUT2D eigenvalue weighted by molar-refractivity contribution is 5.90. The summed E-state index contributed by atoms with van der Waals surface area (Å²) in [6.07, 6.45) is 1.16. The van der Waals surface area contributed by atoms with E-state index in [1.807, 2.05) is 0 Å². The molecule has 1 aromatic rings. The summed E-state index contributed by atoms with van der Waals surface area (Å²) in [7, 11) is 1.24. The monoisotopic (exact) mass is 243 g/mol. The predicted molar refractivity (Wildman–Crippen MR) is 62.4 cm³/mol. The van der Waals surface area contributed by atoms with Gasteiger partial charge in [0.1, 0.15) is 23.5 Å². The first-order chi connectivity index (χ1) is 8.62. The molecular weight excluding hydrogens is 234 g/mol. The molecule has 0 amide bonds. The summed E-state index contributed by atoms with van der Waals surface area (Å²) in [4.78, 5) is 11.2. The van der Waals surface area contributed by atoms with Gasteiger partial charge >= 0.3 is 5.97 Å². The molecule has 0 aliphatic heterocycles. The fourth-order valence-corrected chi connectivity index (χ4v) is 1.14. The third-order valence-electron chi connectivity index (χ3n) is 2.03. The van der Waals surface area contributed by atoms with Crippen molar-refractivity contribution in [2.45, 2.75) is 0 Å². The van der Waals surface area contributed by atoms with Crippen LogP contribution in [0.15, 0.2) is 30.0 Å². The zero-order valence-corrected chi connectivity index (χ0v) is 9.47. The fraction of sp³-hybridized carbons (Fsp3) is 0.0833. The Morgan fingerprint density at radius 1 is 1.44 bits per heavy atom. The second-order valence-electron chi connectivity index (χ2n) is 3.15. The van der Waals surface area contributed by atoms with Gasteiger partial charge in [0.2, 0.25) is 0 Å². The van der Waals surface area contributed by atoms with E-state index in [1.165, 1.54) is 25.3 Å². The Morgan fingerprint density at radius 2 is 2.11 bits per heavy atom. The maximum absolute atomic E-state index is 11.2. The number of nitrogens with one attached hydrogen (secondary N) is 1. The number of allylic oxidation sites excluding steroid dienone is 1. The molecule has 1 aromatic carbocycles. The smallest absolute Gasteiger partial charge is 0.337 e. The number of phenols is 1. The topological polar surface area (TPSA) is 106 Å². The molecule has 6 heteroatoms. The summed E-state index contributed by atoms with van der Waals surface area (Å²) < 4.78 is 4.50. The van der Waals surface area contributed by atoms with E-state index in [9.17, 15) is 9.90 Å². The number of phenolic OH excluding ortho intramolecular Hbond substituents is 1. The molecule has 1 rings (SSSR count). The fourth-order valence-electron chi connectivity index (χ4n) is 1.14. The highest BCUT2D eigenvalue weighted by Gasteiger charge is 2.08. The minimum Gasteiger partial charge on any atom is -0.506 e. The molecule has 0 bridgehead atoms. The van der Waals surface area contributed by atoms with Gasteiger partial charge in [0.25, 0.3) is 0 Å². The third-order valence-corrected chi connectivity index (χ3v) is 2.03. The van der Waals surface area contributed by atoms with Gasteiger partial charge in [-0.15, -0.1) is 0 Å². The van der Waals surface area contributed by atoms with E-state index in [1.54, 1.807) is 12.1 Å². The molecule has 0 unspecified atom stereocenters. The number of ether oxygens (including phenoxy) is 1. The van der Waals surface area contributed by atoms with Gasteiger partial charge in [0.15, 0.2) is 0 Å². The summed E-state index contributed by atoms with van der Waals surface area (Å²) in [5, 5.41) is 29.3. The Balaban J connectivity index is 2.95. The SMILES string of the molecule is COC(=O)c1ccc(NC=C(C#N)C#N)c(O)c1. The van der Waals surface area contributed by atoms with E-state index in [4.69, 9.17) is 10.5 Å². The van der Waals surface area contributed by atoms with Crippen molar-refractivity contribution in [1.82, 2.24) is 0 Å². The lowest BCUT2D eigenvalue weighted by molar-refractivity contribution is 0.0600. The lowest BCUT2D eigenvalue weighted by Gasteiger charge is -2.05. The molecule has 0 aromatic heterocycles. The van der Waals surface area contributed by atoms with Crippen LogP contribution in [-0.4, -0.2) is 18.2 Å². The van der Waals surface area contributed by atoms with Crippen molar-refractivity contribution in [3.63, 3.8) is 0 Å². The molecule has 6 nitrogen and oxygen atoms in total. The minimum absolute atomic E-state index is 0.133. The van der Waals surface area contributed by atoms with Gasteiger partial charge in [-0.1, -0.05) is 0 Å². The Bertz CT molecular complexity index is 563. The molecule has 0 aliphatic rings. The van der Waals surface area contributed by atoms with Crippen LogP contribution in [0.2, 0.25) is 0 Å². The molecule has 0 radical (unpaired) electrons. The standard InChI is InChI=1S/C12H9N3O3/c1-18-12(17)9-2-3-10(11(16)4-9)15-7-8(5-13)6-14/h2-4,7,15-16H,1H3. The number of methoxy groups -OCH3 is 1. The van der Waals surface area contributed by atoms with Crippen LogP contribution in [0, 0.1) is 22.7 Å². The highest BCUT2D eigenvalue weighted by atomic mass is 16.5. The molecule has 0 spiro atoms. The summed E-state index contributed by atoms with van der Waals surface area (Å²) in [6, 6.07) is 7.43. The summed E-state index contributed by atoms with van der Waals surface area (Å²) in [6.45, 7) is 0. The molecule has 18 heavy (non-hydrogen) atoms. The number of carbonyl (C=O) groups excluding carboxylic acids is 1. The minimum atomic E-state index is -0.567. The zero-order chi connectivity index (χ0) is 13.5. The molecule has 0 fully saturated rings. The molecule has 0 atom stereocenters. The number of hydrogen-bond donors (Lipinski definition) is 2. The summed E-state index contributed by atoms with van der Waals surface area (Å²) >= 11 is 0. The lowest BCUT2D eigenvalue weighted by atomic mass is 10.2. The number of nitrogens with zero attached hydrogens (tertiary/aromatic N) is 2. The van der Waals surface area contributed by atoms with Crippen molar-refractivity contribution in [2.75, 3.05) is 12.4 Å². The Morgan fingerprint density at radius 3 is 2.61 bits per heavy atom. The van der Waals surface area contributed by atoms with Gasteiger partial charge in [0.05, 0.1) is 18.4 Å². The maximum atomic E-state index is 11.2. The van der Waals surface area contributed by atoms with E-state index in [0.29, 0.717) is 0 Å². The molecule has 90 valence electrons. The van der Waals surface area contributed by atoms with Crippen LogP contribution >= 0.6 is 0 Å². The van der Waals surface area contributed by atoms with Crippen LogP contribution < -0.4 is 5.32 Å². The molecule has 0 saturated heterocycles. The van der Waals surface area contributed by atoms with Crippen LogP contribution in [0.4, 0.5) is 5.69 Å². The average Bonchev–Trinajstić information content (AvgIpc) is 2.40. The highest BCUT2D eigenvalue weighted by Crippen LogP contribution is 2.24. The third kappa shape index (κ3) is 3.00. The number of rotatable bonds is 3. The van der Waals surface area contributed by atoms with Crippen molar-refractivity contribution < 1.29 is 14.6 Å². The van der Waals surface area contributed by atoms with Gasteiger partial charge in [0, 0.05) is 6.20 Å². The van der Waals surface area contributed by atoms with Crippen LogP contribution in [0.1, 0.15) is 10.4 Å². The van der Waals surface area contributed by atoms with Crippen LogP contribution in [-0.2, 0) is 4.74 Å². The van der Waals surface area contributed by atoms with Gasteiger partial charge in [-0.05, 0) is 18.2 Å². The molecule has 0 aliphatic carbocycles. The lowest BCUT2D eigenvalue weighted by Crippen LogP contribution is -2.01. The van der Waals surface area contributed by atoms with E-state index in [0.717, 1.165) is 6.20 Å². The Labute approximate surface area is 103 Å². The molecule has 0 heterocycles. The van der Waals surface area contributed by atoms with Crippen molar-refractivity contribution >= 4 is 11.7 Å². The zero-order valence-electron chi connectivity index (χ0n) is 9.47. The Hall–Kier alpha value is -2.99. The van der Waals surface area contributed by atoms with Gasteiger partial charge < -0.3 is 15.2 Å². The number of anilines is 1. The van der Waals surface area contributed by atoms with Gasteiger partial charge in [-0.25, -0.2) is 4.79 Å². The molecule has 2 N–H and O–H groups in total. The van der Waals surface area contributed by atoms with E-state index in [-0.39, 0.29) is 22.6 Å². The first-order valence-corrected chi connectivity index (χ1v) is 4.80. The van der Waals surface area contributed by atoms with E-state index < -0.39 is 5.97 Å². The first kappa shape index (κ1) is 13.1. The number of aromatic hydroxyl groups is 1. The second kappa shape index (κ2) is 5.92. The van der Waals surface area contributed by atoms with Crippen molar-refractivity contribution in [1.29, 1.82) is 10.5 Å². The maximum Gasteiger partial charge on any atom is 0.337 e. The number of nitriles is 2. The van der Waals surface area contributed by atoms with Crippen molar-refractivity contribution in [3.05, 3.63) is 35.5 Å². The quantitative estimate of drug-likeness (QED) is 0.473. The number of benzene rings is 1. The largest absolute Gasteiger partial charge is 0.506 e. The number of carbonyl (C=O) groups is 1. The van der Waals surface area contributed by atoms with E-state index >= 15 is 0 Å². The molecule has 0 saturated carbocycles. The molecular formula is C12H9N3O3.